The Morgan fingerprint density at radius 1 is 1.29 bits per heavy atom. The Morgan fingerprint density at radius 3 is 2.80 bits per heavy atom. The molecule has 1 aromatic carbocycles. The van der Waals surface area contributed by atoms with E-state index in [9.17, 15) is 9.59 Å². The maximum Gasteiger partial charge on any atom is 0.414 e. The van der Waals surface area contributed by atoms with Crippen molar-refractivity contribution in [3.63, 3.8) is 0 Å². The number of allylic oxidation sites excluding steroid dienone is 4. The monoisotopic (exact) mass is 616 g/mol. The van der Waals surface area contributed by atoms with Crippen LogP contribution in [-0.2, 0) is 20.8 Å². The molecule has 1 fully saturated rings. The lowest BCUT2D eigenvalue weighted by molar-refractivity contribution is 0.00810. The van der Waals surface area contributed by atoms with Crippen LogP contribution in [0.4, 0.5) is 14.9 Å². The summed E-state index contributed by atoms with van der Waals surface area (Å²) >= 11 is 0. The van der Waals surface area contributed by atoms with E-state index in [1.165, 1.54) is 17.2 Å². The highest BCUT2D eigenvalue weighted by molar-refractivity contribution is 6.10. The van der Waals surface area contributed by atoms with Gasteiger partial charge in [-0.25, -0.2) is 18.7 Å². The smallest absolute Gasteiger partial charge is 0.414 e. The van der Waals surface area contributed by atoms with E-state index in [4.69, 9.17) is 14.2 Å². The van der Waals surface area contributed by atoms with E-state index in [-0.39, 0.29) is 19.3 Å². The van der Waals surface area contributed by atoms with Crippen LogP contribution in [0.1, 0.15) is 42.6 Å². The van der Waals surface area contributed by atoms with Gasteiger partial charge >= 0.3 is 12.1 Å². The molecular weight excluding hydrogens is 579 g/mol. The molecule has 236 valence electrons. The molecule has 2 aromatic heterocycles. The quantitative estimate of drug-likeness (QED) is 0.0955. The number of aliphatic imine (C=N–C) groups is 1. The highest BCUT2D eigenvalue weighted by Gasteiger charge is 2.33. The third-order valence-electron chi connectivity index (χ3n) is 7.23. The zero-order chi connectivity index (χ0) is 32.2. The molecule has 3 heterocycles. The standard InChI is InChI=1S/C33H37FN6O5/c1-5-7-25(30-12-10-27(16-31(30)34)40-21-29(45-33(40)42)20-39-15-14-37-38-39)18-36-17-24(23(2)3)9-11-28(43-4)22-44-32(41)26-8-6-13-35-19-26/h5-8,10,12-16,18-19,28-29H,1,9,11,17,20-22H2,2-4H3/b25-7+,36-18?. The van der Waals surface area contributed by atoms with E-state index in [1.54, 1.807) is 73.0 Å². The Morgan fingerprint density at radius 2 is 2.13 bits per heavy atom. The van der Waals surface area contributed by atoms with Crippen LogP contribution in [-0.4, -0.2) is 77.3 Å². The van der Waals surface area contributed by atoms with Gasteiger partial charge in [-0.3, -0.25) is 14.9 Å². The number of aromatic nitrogens is 4. The van der Waals surface area contributed by atoms with Crippen LogP contribution in [0.25, 0.3) is 5.57 Å². The number of methoxy groups -OCH3 is 1. The molecule has 45 heavy (non-hydrogen) atoms. The number of benzene rings is 1. The van der Waals surface area contributed by atoms with Crippen LogP contribution in [0.3, 0.4) is 0 Å². The second kappa shape index (κ2) is 16.2. The van der Waals surface area contributed by atoms with Gasteiger partial charge in [-0.15, -0.1) is 5.10 Å². The number of anilines is 1. The first kappa shape index (κ1) is 32.9. The highest BCUT2D eigenvalue weighted by Crippen LogP contribution is 2.27. The van der Waals surface area contributed by atoms with Gasteiger partial charge in [0.1, 0.15) is 18.5 Å². The molecule has 1 aliphatic heterocycles. The summed E-state index contributed by atoms with van der Waals surface area (Å²) in [6.07, 6.45) is 11.2. The van der Waals surface area contributed by atoms with Gasteiger partial charge in [-0.1, -0.05) is 35.1 Å². The summed E-state index contributed by atoms with van der Waals surface area (Å²) in [4.78, 5) is 34.7. The number of ether oxygens (including phenoxy) is 3. The molecular formula is C33H37FN6O5. The van der Waals surface area contributed by atoms with Crippen LogP contribution >= 0.6 is 0 Å². The van der Waals surface area contributed by atoms with Gasteiger partial charge in [0.05, 0.1) is 43.2 Å². The number of halogens is 1. The van der Waals surface area contributed by atoms with Crippen molar-refractivity contribution in [2.45, 2.75) is 45.4 Å². The first-order chi connectivity index (χ1) is 21.8. The fraction of sp³-hybridized carbons (Fsp3) is 0.333. The van der Waals surface area contributed by atoms with Crippen molar-refractivity contribution in [2.24, 2.45) is 4.99 Å². The molecule has 11 nitrogen and oxygen atoms in total. The molecule has 0 spiro atoms. The molecule has 12 heteroatoms. The molecule has 0 radical (unpaired) electrons. The first-order valence-electron chi connectivity index (χ1n) is 14.5. The van der Waals surface area contributed by atoms with Crippen molar-refractivity contribution in [3.8, 4) is 0 Å². The van der Waals surface area contributed by atoms with Gasteiger partial charge < -0.3 is 14.2 Å². The largest absolute Gasteiger partial charge is 0.459 e. The zero-order valence-corrected chi connectivity index (χ0v) is 25.6. The number of pyridine rings is 1. The molecule has 0 N–H and O–H groups in total. The molecule has 1 amide bonds. The summed E-state index contributed by atoms with van der Waals surface area (Å²) in [5.41, 5.74) is 3.83. The molecule has 0 aliphatic carbocycles. The number of carbonyl (C=O) groups excluding carboxylic acids is 2. The first-order valence-corrected chi connectivity index (χ1v) is 14.5. The van der Waals surface area contributed by atoms with Crippen LogP contribution in [0.15, 0.2) is 90.0 Å². The zero-order valence-electron chi connectivity index (χ0n) is 25.6. The van der Waals surface area contributed by atoms with Gasteiger partial charge in [0.15, 0.2) is 0 Å². The summed E-state index contributed by atoms with van der Waals surface area (Å²) in [5, 5.41) is 7.65. The van der Waals surface area contributed by atoms with Gasteiger partial charge in [-0.2, -0.15) is 0 Å². The van der Waals surface area contributed by atoms with Crippen molar-refractivity contribution in [3.05, 3.63) is 102 Å². The van der Waals surface area contributed by atoms with Gasteiger partial charge in [0, 0.05) is 43.1 Å². The minimum absolute atomic E-state index is 0.114. The Bertz CT molecular complexity index is 1550. The Hall–Kier alpha value is -4.97. The number of rotatable bonds is 15. The molecule has 4 rings (SSSR count). The van der Waals surface area contributed by atoms with Crippen molar-refractivity contribution in [2.75, 3.05) is 31.7 Å². The average molecular weight is 617 g/mol. The van der Waals surface area contributed by atoms with Crippen LogP contribution in [0, 0.1) is 5.82 Å². The van der Waals surface area contributed by atoms with Crippen LogP contribution in [0.2, 0.25) is 0 Å². The number of hydrogen-bond acceptors (Lipinski definition) is 9. The summed E-state index contributed by atoms with van der Waals surface area (Å²) in [5.74, 6) is -0.961. The van der Waals surface area contributed by atoms with Crippen LogP contribution in [0.5, 0.6) is 0 Å². The number of amides is 1. The lowest BCUT2D eigenvalue weighted by Gasteiger charge is -2.17. The van der Waals surface area contributed by atoms with Crippen molar-refractivity contribution in [1.82, 2.24) is 20.0 Å². The minimum Gasteiger partial charge on any atom is -0.459 e. The van der Waals surface area contributed by atoms with E-state index in [2.05, 4.69) is 26.9 Å². The van der Waals surface area contributed by atoms with Crippen molar-refractivity contribution >= 4 is 29.5 Å². The number of hydrogen-bond donors (Lipinski definition) is 0. The van der Waals surface area contributed by atoms with Gasteiger partial charge in [-0.05, 0) is 57.0 Å². The average Bonchev–Trinajstić information content (AvgIpc) is 3.69. The summed E-state index contributed by atoms with van der Waals surface area (Å²) < 4.78 is 33.4. The Kier molecular flexibility index (Phi) is 11.9. The second-order valence-electron chi connectivity index (χ2n) is 10.6. The molecule has 1 saturated heterocycles. The predicted octanol–water partition coefficient (Wildman–Crippen LogP) is 5.47. The number of nitrogens with zero attached hydrogens (tertiary/aromatic N) is 6. The SMILES string of the molecule is C=C/C=C(\C=NCC(CCC(COC(=O)c1cccnc1)OC)=C(C)C)c1ccc(N2CC(Cn3ccnn3)OC2=O)cc1F. The summed E-state index contributed by atoms with van der Waals surface area (Å²) in [6, 6.07) is 7.92. The number of esters is 1. The lowest BCUT2D eigenvalue weighted by atomic mass is 10.0. The summed E-state index contributed by atoms with van der Waals surface area (Å²) in [7, 11) is 1.58. The van der Waals surface area contributed by atoms with E-state index in [0.717, 1.165) is 11.1 Å². The molecule has 2 atom stereocenters. The van der Waals surface area contributed by atoms with Gasteiger partial charge in [0.25, 0.3) is 0 Å². The predicted molar refractivity (Wildman–Crippen MR) is 168 cm³/mol. The van der Waals surface area contributed by atoms with Crippen molar-refractivity contribution < 1.29 is 28.2 Å². The maximum absolute atomic E-state index is 15.4. The molecule has 1 aliphatic rings. The topological polar surface area (TPSA) is 121 Å². The number of carbonyl (C=O) groups is 2. The van der Waals surface area contributed by atoms with Gasteiger partial charge in [0.2, 0.25) is 0 Å². The molecule has 2 unspecified atom stereocenters. The minimum atomic E-state index is -0.549. The third-order valence-corrected chi connectivity index (χ3v) is 7.23. The normalized spacial score (nSPS) is 15.6. The Labute approximate surface area is 261 Å². The van der Waals surface area contributed by atoms with E-state index in [0.29, 0.717) is 48.3 Å². The van der Waals surface area contributed by atoms with E-state index < -0.39 is 24.0 Å². The highest BCUT2D eigenvalue weighted by atomic mass is 19.1. The van der Waals surface area contributed by atoms with Crippen LogP contribution < -0.4 is 4.90 Å². The number of cyclic esters (lactones) is 1. The van der Waals surface area contributed by atoms with Crippen molar-refractivity contribution in [1.29, 1.82) is 0 Å². The van der Waals surface area contributed by atoms with E-state index in [1.807, 2.05) is 13.8 Å². The maximum atomic E-state index is 15.4. The van der Waals surface area contributed by atoms with E-state index >= 15 is 4.39 Å². The third kappa shape index (κ3) is 9.26. The lowest BCUT2D eigenvalue weighted by Crippen LogP contribution is -2.26. The molecule has 0 saturated carbocycles. The molecule has 3 aromatic rings. The summed E-state index contributed by atoms with van der Waals surface area (Å²) in [6.45, 7) is 8.90. The fourth-order valence-electron chi connectivity index (χ4n) is 4.68. The fourth-order valence-corrected chi connectivity index (χ4v) is 4.68. The Balaban J connectivity index is 1.35. The second-order valence-corrected chi connectivity index (χ2v) is 10.6. The molecule has 0 bridgehead atoms.